The summed E-state index contributed by atoms with van der Waals surface area (Å²) in [4.78, 5) is 42.2. The molecule has 0 radical (unpaired) electrons. The van der Waals surface area contributed by atoms with Crippen LogP contribution in [-0.4, -0.2) is 163 Å². The van der Waals surface area contributed by atoms with Crippen molar-refractivity contribution in [2.24, 2.45) is 0 Å². The van der Waals surface area contributed by atoms with Crippen LogP contribution in [0.15, 0.2) is 36.4 Å². The van der Waals surface area contributed by atoms with Crippen molar-refractivity contribution in [3.63, 3.8) is 0 Å². The molecule has 2 aromatic rings. The molecule has 2 amide bonds. The molecule has 8 atom stereocenters. The molecule has 5 unspecified atom stereocenters. The largest absolute Gasteiger partial charge is 0.493 e. The number of methoxy groups -OCH3 is 2. The number of likely N-dealkylation sites (N-methyl/N-ethyl adjacent to an activating group) is 2. The van der Waals surface area contributed by atoms with E-state index in [0.717, 1.165) is 50.6 Å². The first-order chi connectivity index (χ1) is 27.3. The van der Waals surface area contributed by atoms with Crippen LogP contribution >= 0.6 is 0 Å². The van der Waals surface area contributed by atoms with Gasteiger partial charge in [0.15, 0.2) is 17.6 Å². The topological polar surface area (TPSA) is 232 Å². The number of amides is 2. The molecular formula is C39H56N4O14. The molecule has 0 bridgehead atoms. The smallest absolute Gasteiger partial charge is 0.409 e. The highest BCUT2D eigenvalue weighted by atomic mass is 16.7. The number of carbonyl (C=O) groups excluding carboxylic acids is 2. The third-order valence-electron chi connectivity index (χ3n) is 10.6. The molecule has 316 valence electrons. The Bertz CT molecular complexity index is 1670. The number of rotatable bonds is 16. The van der Waals surface area contributed by atoms with Crippen molar-refractivity contribution in [1.29, 1.82) is 0 Å². The summed E-state index contributed by atoms with van der Waals surface area (Å²) in [7, 11) is 6.40. The number of carboxylic acids is 1. The maximum absolute atomic E-state index is 13.0. The SMILES string of the molecule is COc1ccc(CCO[C@@H]2CCCC[C@H]2N2CC[C@H](OC(=O)N(C)CCN(C)C(=O)OCc3ccc(OC4OC(C(=O)O)C(O)C(O)C4O)c(N)c3)C2)cc1OC. The Hall–Kier alpha value is -4.59. The second kappa shape index (κ2) is 20.2. The number of ether oxygens (including phenoxy) is 7. The predicted molar refractivity (Wildman–Crippen MR) is 203 cm³/mol. The summed E-state index contributed by atoms with van der Waals surface area (Å²) in [5.41, 5.74) is 7.74. The molecule has 6 N–H and O–H groups in total. The van der Waals surface area contributed by atoms with Crippen LogP contribution < -0.4 is 19.9 Å². The summed E-state index contributed by atoms with van der Waals surface area (Å²) >= 11 is 0. The lowest BCUT2D eigenvalue weighted by atomic mass is 9.91. The number of carbonyl (C=O) groups is 3. The number of hydrogen-bond donors (Lipinski definition) is 5. The van der Waals surface area contributed by atoms with Crippen molar-refractivity contribution in [2.75, 3.05) is 66.8 Å². The van der Waals surface area contributed by atoms with Crippen LogP contribution in [0.3, 0.4) is 0 Å². The zero-order chi connectivity index (χ0) is 41.2. The molecule has 0 spiro atoms. The number of carboxylic acid groups (broad SMARTS) is 1. The number of likely N-dealkylation sites (tertiary alicyclic amines) is 1. The summed E-state index contributed by atoms with van der Waals surface area (Å²) in [5, 5.41) is 39.4. The molecule has 2 aliphatic heterocycles. The number of nitrogen functional groups attached to an aromatic ring is 1. The Morgan fingerprint density at radius 2 is 1.54 bits per heavy atom. The minimum absolute atomic E-state index is 0.00464. The molecule has 2 aromatic carbocycles. The molecule has 3 fully saturated rings. The van der Waals surface area contributed by atoms with E-state index in [4.69, 9.17) is 38.9 Å². The van der Waals surface area contributed by atoms with Gasteiger partial charge in [-0.2, -0.15) is 0 Å². The first-order valence-corrected chi connectivity index (χ1v) is 19.1. The van der Waals surface area contributed by atoms with Crippen molar-refractivity contribution in [1.82, 2.24) is 14.7 Å². The number of aliphatic hydroxyl groups excluding tert-OH is 3. The molecule has 2 saturated heterocycles. The van der Waals surface area contributed by atoms with E-state index in [-0.39, 0.29) is 49.4 Å². The van der Waals surface area contributed by atoms with Gasteiger partial charge in [0.1, 0.15) is 36.8 Å². The molecule has 18 heteroatoms. The van der Waals surface area contributed by atoms with Crippen molar-refractivity contribution < 1.29 is 68.0 Å². The minimum Gasteiger partial charge on any atom is -0.493 e. The third-order valence-corrected chi connectivity index (χ3v) is 10.6. The van der Waals surface area contributed by atoms with E-state index in [9.17, 15) is 34.8 Å². The fourth-order valence-electron chi connectivity index (χ4n) is 7.24. The number of benzene rings is 2. The van der Waals surface area contributed by atoms with Gasteiger partial charge in [0, 0.05) is 46.3 Å². The summed E-state index contributed by atoms with van der Waals surface area (Å²) in [6, 6.07) is 10.6. The second-order valence-corrected chi connectivity index (χ2v) is 14.6. The second-order valence-electron chi connectivity index (χ2n) is 14.6. The van der Waals surface area contributed by atoms with Crippen LogP contribution in [0.25, 0.3) is 0 Å². The van der Waals surface area contributed by atoms with Gasteiger partial charge in [-0.15, -0.1) is 0 Å². The zero-order valence-electron chi connectivity index (χ0n) is 32.9. The van der Waals surface area contributed by atoms with Crippen LogP contribution in [0.5, 0.6) is 17.2 Å². The quantitative estimate of drug-likeness (QED) is 0.152. The number of nitrogens with zero attached hydrogens (tertiary/aromatic N) is 3. The van der Waals surface area contributed by atoms with Crippen molar-refractivity contribution >= 4 is 23.8 Å². The lowest BCUT2D eigenvalue weighted by molar-refractivity contribution is -0.271. The molecule has 3 aliphatic rings. The van der Waals surface area contributed by atoms with Crippen molar-refractivity contribution in [3.05, 3.63) is 47.5 Å². The molecular weight excluding hydrogens is 748 g/mol. The van der Waals surface area contributed by atoms with E-state index in [0.29, 0.717) is 30.2 Å². The molecule has 18 nitrogen and oxygen atoms in total. The van der Waals surface area contributed by atoms with Gasteiger partial charge in [0.25, 0.3) is 0 Å². The van der Waals surface area contributed by atoms with E-state index in [1.165, 1.54) is 28.0 Å². The fraction of sp³-hybridized carbons (Fsp3) is 0.615. The monoisotopic (exact) mass is 804 g/mol. The Morgan fingerprint density at radius 1 is 0.860 bits per heavy atom. The number of hydrogen-bond acceptors (Lipinski definition) is 15. The molecule has 57 heavy (non-hydrogen) atoms. The first kappa shape index (κ1) is 43.5. The van der Waals surface area contributed by atoms with E-state index in [2.05, 4.69) is 4.90 Å². The van der Waals surface area contributed by atoms with E-state index in [1.807, 2.05) is 18.2 Å². The van der Waals surface area contributed by atoms with Crippen LogP contribution in [-0.2, 0) is 36.8 Å². The van der Waals surface area contributed by atoms with Crippen LogP contribution in [0.1, 0.15) is 43.2 Å². The zero-order valence-corrected chi connectivity index (χ0v) is 32.9. The predicted octanol–water partition coefficient (Wildman–Crippen LogP) is 1.84. The minimum atomic E-state index is -1.86. The Labute approximate surface area is 331 Å². The Kier molecular flexibility index (Phi) is 15.4. The highest BCUT2D eigenvalue weighted by molar-refractivity contribution is 5.73. The number of aliphatic carboxylic acids is 1. The number of nitrogens with two attached hydrogens (primary N) is 1. The molecule has 5 rings (SSSR count). The standard InChI is InChI=1S/C39H56N4O14/c1-41(38(49)54-22-24-10-11-28(26(40)19-24)56-37-34(46)32(44)33(45)35(57-37)36(47)48)16-17-42(2)39(50)55-25-13-15-43(21-25)27-7-5-6-8-29(27)53-18-14-23-9-12-30(51-3)31(20-23)52-4/h9-12,19-20,25,27,29,32-35,37,44-46H,5-8,13-18,21-22,40H2,1-4H3,(H,47,48)/t25-,27+,29+,32?,33?,34?,35?,37?/m0/s1. The van der Waals surface area contributed by atoms with Crippen LogP contribution in [0, 0.1) is 0 Å². The van der Waals surface area contributed by atoms with Gasteiger partial charge in [0.2, 0.25) is 6.29 Å². The molecule has 1 saturated carbocycles. The molecule has 2 heterocycles. The molecule has 1 aliphatic carbocycles. The van der Waals surface area contributed by atoms with Gasteiger partial charge < -0.3 is 69.1 Å². The van der Waals surface area contributed by atoms with Crippen LogP contribution in [0.4, 0.5) is 15.3 Å². The van der Waals surface area contributed by atoms with Gasteiger partial charge in [0.05, 0.1) is 32.6 Å². The van der Waals surface area contributed by atoms with Crippen LogP contribution in [0.2, 0.25) is 0 Å². The summed E-state index contributed by atoms with van der Waals surface area (Å²) in [5.74, 6) is -0.152. The number of anilines is 1. The Morgan fingerprint density at radius 3 is 2.25 bits per heavy atom. The van der Waals surface area contributed by atoms with Gasteiger partial charge in [-0.25, -0.2) is 14.4 Å². The summed E-state index contributed by atoms with van der Waals surface area (Å²) < 4.78 is 39.1. The van der Waals surface area contributed by atoms with Crippen molar-refractivity contribution in [2.45, 2.75) is 94.1 Å². The summed E-state index contributed by atoms with van der Waals surface area (Å²) in [6.07, 6.45) is -4.39. The van der Waals surface area contributed by atoms with Gasteiger partial charge in [-0.05, 0) is 61.1 Å². The normalized spacial score (nSPS) is 26.3. The Balaban J connectivity index is 1.01. The van der Waals surface area contributed by atoms with Gasteiger partial charge in [-0.1, -0.05) is 25.0 Å². The first-order valence-electron chi connectivity index (χ1n) is 19.1. The van der Waals surface area contributed by atoms with Gasteiger partial charge >= 0.3 is 18.2 Å². The average molecular weight is 805 g/mol. The highest BCUT2D eigenvalue weighted by Gasteiger charge is 2.48. The van der Waals surface area contributed by atoms with E-state index < -0.39 is 48.9 Å². The highest BCUT2D eigenvalue weighted by Crippen LogP contribution is 2.32. The lowest BCUT2D eigenvalue weighted by Gasteiger charge is -2.38. The molecule has 0 aromatic heterocycles. The average Bonchev–Trinajstić information content (AvgIpc) is 3.67. The van der Waals surface area contributed by atoms with E-state index in [1.54, 1.807) is 28.3 Å². The lowest BCUT2D eigenvalue weighted by Crippen LogP contribution is -2.61. The fourth-order valence-corrected chi connectivity index (χ4v) is 7.24. The number of aliphatic hydroxyl groups is 3. The van der Waals surface area contributed by atoms with Gasteiger partial charge in [-0.3, -0.25) is 4.90 Å². The summed E-state index contributed by atoms with van der Waals surface area (Å²) in [6.45, 7) is 2.29. The van der Waals surface area contributed by atoms with Crippen molar-refractivity contribution in [3.8, 4) is 17.2 Å². The third kappa shape index (κ3) is 11.3. The van der Waals surface area contributed by atoms with E-state index >= 15 is 0 Å². The maximum atomic E-state index is 13.0. The maximum Gasteiger partial charge on any atom is 0.409 e.